The van der Waals surface area contributed by atoms with E-state index in [2.05, 4.69) is 19.2 Å². The number of unbranched alkanes of at least 4 members (excludes halogenated alkanes) is 1. The second-order valence-electron chi connectivity index (χ2n) is 6.48. The van der Waals surface area contributed by atoms with Crippen LogP contribution in [0.15, 0.2) is 0 Å². The molecule has 1 saturated heterocycles. The Morgan fingerprint density at radius 2 is 1.91 bits per heavy atom. The van der Waals surface area contributed by atoms with E-state index in [1.54, 1.807) is 4.90 Å². The number of carbonyl (C=O) groups is 3. The van der Waals surface area contributed by atoms with Crippen molar-refractivity contribution in [3.8, 4) is 0 Å². The molecule has 132 valence electrons. The van der Waals surface area contributed by atoms with E-state index in [4.69, 9.17) is 0 Å². The van der Waals surface area contributed by atoms with Crippen LogP contribution in [0.2, 0.25) is 0 Å². The molecule has 0 aromatic rings. The summed E-state index contributed by atoms with van der Waals surface area (Å²) in [5.41, 5.74) is 0. The zero-order valence-corrected chi connectivity index (χ0v) is 14.9. The van der Waals surface area contributed by atoms with Crippen LogP contribution in [-0.2, 0) is 14.4 Å². The van der Waals surface area contributed by atoms with Crippen molar-refractivity contribution in [3.05, 3.63) is 0 Å². The minimum Gasteiger partial charge on any atom is -0.331 e. The SMILES string of the molecule is CCCCC(CC)CCC(=O)NC(=O)[C@H](CC)N1CCCC1=O. The van der Waals surface area contributed by atoms with Crippen molar-refractivity contribution in [2.75, 3.05) is 6.54 Å². The highest BCUT2D eigenvalue weighted by Gasteiger charge is 2.32. The van der Waals surface area contributed by atoms with Gasteiger partial charge in [-0.25, -0.2) is 0 Å². The molecule has 0 radical (unpaired) electrons. The van der Waals surface area contributed by atoms with E-state index < -0.39 is 6.04 Å². The van der Waals surface area contributed by atoms with E-state index in [0.717, 1.165) is 25.7 Å². The first kappa shape index (κ1) is 19.7. The summed E-state index contributed by atoms with van der Waals surface area (Å²) in [6.45, 7) is 6.81. The van der Waals surface area contributed by atoms with Gasteiger partial charge in [-0.1, -0.05) is 46.5 Å². The fourth-order valence-electron chi connectivity index (χ4n) is 3.21. The summed E-state index contributed by atoms with van der Waals surface area (Å²) in [7, 11) is 0. The van der Waals surface area contributed by atoms with E-state index in [0.29, 0.717) is 31.7 Å². The molecule has 0 aliphatic carbocycles. The Labute approximate surface area is 140 Å². The van der Waals surface area contributed by atoms with Crippen molar-refractivity contribution in [1.82, 2.24) is 10.2 Å². The van der Waals surface area contributed by atoms with E-state index in [9.17, 15) is 14.4 Å². The predicted molar refractivity (Wildman–Crippen MR) is 90.7 cm³/mol. The first-order valence-corrected chi connectivity index (χ1v) is 9.16. The normalized spacial score (nSPS) is 17.2. The third kappa shape index (κ3) is 6.32. The van der Waals surface area contributed by atoms with Crippen LogP contribution in [0.1, 0.15) is 78.6 Å². The number of rotatable bonds is 10. The van der Waals surface area contributed by atoms with Crippen LogP contribution < -0.4 is 5.32 Å². The summed E-state index contributed by atoms with van der Waals surface area (Å²) >= 11 is 0. The molecule has 5 nitrogen and oxygen atoms in total. The number of carbonyl (C=O) groups excluding carboxylic acids is 3. The minimum absolute atomic E-state index is 0.0186. The molecule has 0 aromatic carbocycles. The molecule has 1 unspecified atom stereocenters. The van der Waals surface area contributed by atoms with Crippen molar-refractivity contribution >= 4 is 17.7 Å². The number of hydrogen-bond acceptors (Lipinski definition) is 3. The van der Waals surface area contributed by atoms with Crippen LogP contribution in [0.25, 0.3) is 0 Å². The lowest BCUT2D eigenvalue weighted by Crippen LogP contribution is -2.48. The van der Waals surface area contributed by atoms with Gasteiger partial charge in [0, 0.05) is 19.4 Å². The summed E-state index contributed by atoms with van der Waals surface area (Å²) in [5.74, 6) is 0.0346. The lowest BCUT2D eigenvalue weighted by Gasteiger charge is -2.25. The Bertz CT molecular complexity index is 409. The van der Waals surface area contributed by atoms with Gasteiger partial charge < -0.3 is 4.90 Å². The predicted octanol–water partition coefficient (Wildman–Crippen LogP) is 3.03. The molecule has 5 heteroatoms. The van der Waals surface area contributed by atoms with Crippen LogP contribution in [0.4, 0.5) is 0 Å². The van der Waals surface area contributed by atoms with Gasteiger partial charge in [-0.2, -0.15) is 0 Å². The molecule has 0 bridgehead atoms. The molecular formula is C18H32N2O3. The molecule has 1 aliphatic rings. The van der Waals surface area contributed by atoms with E-state index in [1.807, 2.05) is 6.92 Å². The second kappa shape index (κ2) is 10.4. The maximum Gasteiger partial charge on any atom is 0.249 e. The second-order valence-corrected chi connectivity index (χ2v) is 6.48. The molecular weight excluding hydrogens is 292 g/mol. The first-order valence-electron chi connectivity index (χ1n) is 9.16. The molecule has 2 atom stereocenters. The molecule has 0 aromatic heterocycles. The summed E-state index contributed by atoms with van der Waals surface area (Å²) in [6, 6.07) is -0.504. The van der Waals surface area contributed by atoms with Gasteiger partial charge in [0.1, 0.15) is 6.04 Å². The molecule has 1 fully saturated rings. The number of imide groups is 1. The van der Waals surface area contributed by atoms with Crippen LogP contribution in [0, 0.1) is 5.92 Å². The van der Waals surface area contributed by atoms with Crippen LogP contribution in [0.5, 0.6) is 0 Å². The minimum atomic E-state index is -0.504. The quantitative estimate of drug-likeness (QED) is 0.671. The largest absolute Gasteiger partial charge is 0.331 e. The van der Waals surface area contributed by atoms with E-state index in [1.165, 1.54) is 12.8 Å². The first-order chi connectivity index (χ1) is 11.0. The Kier molecular flexibility index (Phi) is 8.89. The van der Waals surface area contributed by atoms with Gasteiger partial charge in [-0.3, -0.25) is 19.7 Å². The number of amides is 3. The Hall–Kier alpha value is -1.39. The number of likely N-dealkylation sites (tertiary alicyclic amines) is 1. The van der Waals surface area contributed by atoms with Crippen LogP contribution >= 0.6 is 0 Å². The van der Waals surface area contributed by atoms with E-state index in [-0.39, 0.29) is 17.7 Å². The standard InChI is InChI=1S/C18H32N2O3/c1-4-7-9-14(5-2)11-12-16(21)19-18(23)15(6-3)20-13-8-10-17(20)22/h14-15H,4-13H2,1-3H3,(H,19,21,23)/t14?,15-/m0/s1. The van der Waals surface area contributed by atoms with Gasteiger partial charge in [0.05, 0.1) is 0 Å². The molecule has 0 spiro atoms. The summed E-state index contributed by atoms with van der Waals surface area (Å²) in [4.78, 5) is 37.7. The molecule has 1 heterocycles. The Morgan fingerprint density at radius 1 is 1.17 bits per heavy atom. The maximum atomic E-state index is 12.3. The van der Waals surface area contributed by atoms with Gasteiger partial charge in [-0.05, 0) is 25.2 Å². The summed E-state index contributed by atoms with van der Waals surface area (Å²) in [5, 5.41) is 2.49. The van der Waals surface area contributed by atoms with Gasteiger partial charge in [0.25, 0.3) is 0 Å². The number of nitrogens with zero attached hydrogens (tertiary/aromatic N) is 1. The zero-order valence-electron chi connectivity index (χ0n) is 14.9. The molecule has 0 saturated carbocycles. The van der Waals surface area contributed by atoms with Crippen LogP contribution in [0.3, 0.4) is 0 Å². The lowest BCUT2D eigenvalue weighted by molar-refractivity contribution is -0.140. The zero-order chi connectivity index (χ0) is 17.2. The topological polar surface area (TPSA) is 66.5 Å². The average Bonchev–Trinajstić information content (AvgIpc) is 2.94. The molecule has 1 N–H and O–H groups in total. The Morgan fingerprint density at radius 3 is 2.43 bits per heavy atom. The average molecular weight is 324 g/mol. The molecule has 1 rings (SSSR count). The van der Waals surface area contributed by atoms with Crippen LogP contribution in [-0.4, -0.2) is 35.2 Å². The molecule has 23 heavy (non-hydrogen) atoms. The fraction of sp³-hybridized carbons (Fsp3) is 0.833. The van der Waals surface area contributed by atoms with Gasteiger partial charge in [0.15, 0.2) is 0 Å². The lowest BCUT2D eigenvalue weighted by atomic mass is 9.94. The monoisotopic (exact) mass is 324 g/mol. The highest BCUT2D eigenvalue weighted by molar-refractivity contribution is 5.99. The van der Waals surface area contributed by atoms with Crippen molar-refractivity contribution in [1.29, 1.82) is 0 Å². The molecule has 3 amide bonds. The summed E-state index contributed by atoms with van der Waals surface area (Å²) < 4.78 is 0. The highest BCUT2D eigenvalue weighted by Crippen LogP contribution is 2.19. The fourth-order valence-corrected chi connectivity index (χ4v) is 3.21. The van der Waals surface area contributed by atoms with Crippen molar-refractivity contribution in [2.45, 2.75) is 84.6 Å². The smallest absolute Gasteiger partial charge is 0.249 e. The Balaban J connectivity index is 2.42. The number of nitrogens with one attached hydrogen (secondary N) is 1. The molecule has 1 aliphatic heterocycles. The van der Waals surface area contributed by atoms with E-state index >= 15 is 0 Å². The van der Waals surface area contributed by atoms with Gasteiger partial charge in [0.2, 0.25) is 17.7 Å². The third-order valence-corrected chi connectivity index (χ3v) is 4.76. The van der Waals surface area contributed by atoms with Crippen molar-refractivity contribution in [2.24, 2.45) is 5.92 Å². The van der Waals surface area contributed by atoms with Crippen molar-refractivity contribution in [3.63, 3.8) is 0 Å². The third-order valence-electron chi connectivity index (χ3n) is 4.76. The highest BCUT2D eigenvalue weighted by atomic mass is 16.2. The maximum absolute atomic E-state index is 12.3. The van der Waals surface area contributed by atoms with Gasteiger partial charge >= 0.3 is 0 Å². The van der Waals surface area contributed by atoms with Gasteiger partial charge in [-0.15, -0.1) is 0 Å². The summed E-state index contributed by atoms with van der Waals surface area (Å²) in [6.07, 6.45) is 7.64. The number of hydrogen-bond donors (Lipinski definition) is 1. The van der Waals surface area contributed by atoms with Crippen molar-refractivity contribution < 1.29 is 14.4 Å².